The summed E-state index contributed by atoms with van der Waals surface area (Å²) in [7, 11) is 0. The van der Waals surface area contributed by atoms with Crippen LogP contribution < -0.4 is 0 Å². The van der Waals surface area contributed by atoms with Gasteiger partial charge in [-0.2, -0.15) is 0 Å². The van der Waals surface area contributed by atoms with E-state index in [1.54, 1.807) is 0 Å². The summed E-state index contributed by atoms with van der Waals surface area (Å²) in [5, 5.41) is 0.732. The summed E-state index contributed by atoms with van der Waals surface area (Å²) in [6, 6.07) is 15.8. The summed E-state index contributed by atoms with van der Waals surface area (Å²) >= 11 is 5.80. The molecule has 0 fully saturated rings. The molecule has 0 aliphatic rings. The molecule has 0 heterocycles. The van der Waals surface area contributed by atoms with Crippen LogP contribution in [0.5, 0.6) is 0 Å². The molecule has 0 N–H and O–H groups in total. The number of hydrogen-bond acceptors (Lipinski definition) is 0. The minimum absolute atomic E-state index is 0.732. The molecular formula is C17H13Cl. The maximum Gasteiger partial charge on any atom is 0.0406 e. The SMILES string of the molecule is Cc1ccc(/C=C\C#Cc2ccc(Cl)cc2)cc1. The molecule has 0 nitrogen and oxygen atoms in total. The van der Waals surface area contributed by atoms with Gasteiger partial charge in [-0.3, -0.25) is 0 Å². The maximum absolute atomic E-state index is 5.80. The molecule has 0 aromatic heterocycles. The van der Waals surface area contributed by atoms with Gasteiger partial charge in [-0.05, 0) is 48.9 Å². The highest BCUT2D eigenvalue weighted by atomic mass is 35.5. The lowest BCUT2D eigenvalue weighted by molar-refractivity contribution is 1.46. The van der Waals surface area contributed by atoms with E-state index < -0.39 is 0 Å². The number of aryl methyl sites for hydroxylation is 1. The molecule has 2 rings (SSSR count). The van der Waals surface area contributed by atoms with Crippen LogP contribution in [-0.2, 0) is 0 Å². The van der Waals surface area contributed by atoms with Crippen molar-refractivity contribution in [3.8, 4) is 11.8 Å². The van der Waals surface area contributed by atoms with Gasteiger partial charge in [0, 0.05) is 10.6 Å². The molecule has 0 saturated heterocycles. The Bertz CT molecular complexity index is 593. The third-order valence-corrected chi connectivity index (χ3v) is 2.75. The summed E-state index contributed by atoms with van der Waals surface area (Å²) in [6.07, 6.45) is 3.86. The van der Waals surface area contributed by atoms with Crippen molar-refractivity contribution in [3.63, 3.8) is 0 Å². The third-order valence-electron chi connectivity index (χ3n) is 2.50. The zero-order valence-electron chi connectivity index (χ0n) is 10.2. The molecule has 18 heavy (non-hydrogen) atoms. The molecule has 0 unspecified atom stereocenters. The van der Waals surface area contributed by atoms with Gasteiger partial charge in [0.2, 0.25) is 0 Å². The minimum atomic E-state index is 0.732. The first kappa shape index (κ1) is 12.5. The fourth-order valence-electron chi connectivity index (χ4n) is 1.47. The Labute approximate surface area is 113 Å². The Balaban J connectivity index is 2.03. The molecule has 0 saturated carbocycles. The van der Waals surface area contributed by atoms with Crippen LogP contribution in [-0.4, -0.2) is 0 Å². The number of hydrogen-bond donors (Lipinski definition) is 0. The molecule has 0 atom stereocenters. The second-order valence-corrected chi connectivity index (χ2v) is 4.46. The van der Waals surface area contributed by atoms with Gasteiger partial charge in [0.1, 0.15) is 0 Å². The van der Waals surface area contributed by atoms with E-state index in [2.05, 4.69) is 43.0 Å². The second kappa shape index (κ2) is 6.10. The largest absolute Gasteiger partial charge is 0.0843 e. The fraction of sp³-hybridized carbons (Fsp3) is 0.0588. The summed E-state index contributed by atoms with van der Waals surface area (Å²) in [4.78, 5) is 0. The Morgan fingerprint density at radius 2 is 1.61 bits per heavy atom. The van der Waals surface area contributed by atoms with Crippen molar-refractivity contribution in [1.29, 1.82) is 0 Å². The first-order chi connectivity index (χ1) is 8.74. The highest BCUT2D eigenvalue weighted by Crippen LogP contribution is 2.08. The van der Waals surface area contributed by atoms with Gasteiger partial charge in [-0.1, -0.05) is 53.3 Å². The second-order valence-electron chi connectivity index (χ2n) is 4.02. The molecule has 2 aromatic carbocycles. The lowest BCUT2D eigenvalue weighted by atomic mass is 10.1. The van der Waals surface area contributed by atoms with Crippen molar-refractivity contribution in [1.82, 2.24) is 0 Å². The van der Waals surface area contributed by atoms with E-state index in [9.17, 15) is 0 Å². The van der Waals surface area contributed by atoms with E-state index >= 15 is 0 Å². The molecule has 1 heteroatoms. The molecule has 0 radical (unpaired) electrons. The fourth-order valence-corrected chi connectivity index (χ4v) is 1.60. The Kier molecular flexibility index (Phi) is 4.23. The zero-order chi connectivity index (χ0) is 12.8. The number of rotatable bonds is 1. The number of benzene rings is 2. The van der Waals surface area contributed by atoms with E-state index in [0.717, 1.165) is 16.1 Å². The highest BCUT2D eigenvalue weighted by molar-refractivity contribution is 6.30. The Morgan fingerprint density at radius 3 is 2.28 bits per heavy atom. The van der Waals surface area contributed by atoms with Crippen molar-refractivity contribution in [3.05, 3.63) is 76.3 Å². The van der Waals surface area contributed by atoms with E-state index in [0.29, 0.717) is 0 Å². The summed E-state index contributed by atoms with van der Waals surface area (Å²) < 4.78 is 0. The van der Waals surface area contributed by atoms with Crippen molar-refractivity contribution >= 4 is 17.7 Å². The van der Waals surface area contributed by atoms with E-state index in [-0.39, 0.29) is 0 Å². The van der Waals surface area contributed by atoms with Crippen LogP contribution >= 0.6 is 11.6 Å². The van der Waals surface area contributed by atoms with E-state index in [4.69, 9.17) is 11.6 Å². The summed E-state index contributed by atoms with van der Waals surface area (Å²) in [5.41, 5.74) is 3.39. The molecule has 0 bridgehead atoms. The number of halogens is 1. The summed E-state index contributed by atoms with van der Waals surface area (Å²) in [6.45, 7) is 2.08. The van der Waals surface area contributed by atoms with Gasteiger partial charge in [0.15, 0.2) is 0 Å². The molecule has 0 aliphatic carbocycles. The van der Waals surface area contributed by atoms with E-state index in [1.165, 1.54) is 5.56 Å². The van der Waals surface area contributed by atoms with Crippen LogP contribution in [0.3, 0.4) is 0 Å². The topological polar surface area (TPSA) is 0 Å². The predicted octanol–water partition coefficient (Wildman–Crippen LogP) is 4.71. The number of allylic oxidation sites excluding steroid dienone is 1. The lowest BCUT2D eigenvalue weighted by Crippen LogP contribution is -1.73. The maximum atomic E-state index is 5.80. The molecule has 0 aliphatic heterocycles. The van der Waals surface area contributed by atoms with Crippen LogP contribution in [0.15, 0.2) is 54.6 Å². The predicted molar refractivity (Wildman–Crippen MR) is 78.5 cm³/mol. The van der Waals surface area contributed by atoms with Crippen molar-refractivity contribution in [2.75, 3.05) is 0 Å². The average molecular weight is 253 g/mol. The Morgan fingerprint density at radius 1 is 0.944 bits per heavy atom. The smallest absolute Gasteiger partial charge is 0.0406 e. The molecule has 0 amide bonds. The van der Waals surface area contributed by atoms with Gasteiger partial charge < -0.3 is 0 Å². The molecule has 0 spiro atoms. The van der Waals surface area contributed by atoms with Gasteiger partial charge >= 0.3 is 0 Å². The average Bonchev–Trinajstić information content (AvgIpc) is 2.39. The molecule has 2 aromatic rings. The summed E-state index contributed by atoms with van der Waals surface area (Å²) in [5.74, 6) is 6.07. The normalized spacial score (nSPS) is 10.1. The third kappa shape index (κ3) is 3.80. The monoisotopic (exact) mass is 252 g/mol. The van der Waals surface area contributed by atoms with Crippen LogP contribution in [0.1, 0.15) is 16.7 Å². The van der Waals surface area contributed by atoms with Gasteiger partial charge in [0.25, 0.3) is 0 Å². The molecule has 88 valence electrons. The van der Waals surface area contributed by atoms with Gasteiger partial charge in [-0.25, -0.2) is 0 Å². The van der Waals surface area contributed by atoms with Crippen LogP contribution in [0, 0.1) is 18.8 Å². The first-order valence-corrected chi connectivity index (χ1v) is 6.12. The lowest BCUT2D eigenvalue weighted by Gasteiger charge is -1.92. The van der Waals surface area contributed by atoms with Crippen molar-refractivity contribution in [2.45, 2.75) is 6.92 Å². The standard InChI is InChI=1S/C17H13Cl/c1-14-6-8-15(9-7-14)4-2-3-5-16-10-12-17(18)13-11-16/h2,4,6-13H,1H3/b4-2-. The van der Waals surface area contributed by atoms with E-state index in [1.807, 2.05) is 36.4 Å². The van der Waals surface area contributed by atoms with Crippen LogP contribution in [0.4, 0.5) is 0 Å². The van der Waals surface area contributed by atoms with Gasteiger partial charge in [-0.15, -0.1) is 0 Å². The van der Waals surface area contributed by atoms with Crippen molar-refractivity contribution < 1.29 is 0 Å². The quantitative estimate of drug-likeness (QED) is 0.645. The van der Waals surface area contributed by atoms with Crippen LogP contribution in [0.25, 0.3) is 6.08 Å². The highest BCUT2D eigenvalue weighted by Gasteiger charge is 1.86. The minimum Gasteiger partial charge on any atom is -0.0843 e. The van der Waals surface area contributed by atoms with Crippen molar-refractivity contribution in [2.24, 2.45) is 0 Å². The van der Waals surface area contributed by atoms with Crippen LogP contribution in [0.2, 0.25) is 5.02 Å². The van der Waals surface area contributed by atoms with Gasteiger partial charge in [0.05, 0.1) is 0 Å². The molecular weight excluding hydrogens is 240 g/mol. The first-order valence-electron chi connectivity index (χ1n) is 5.74. The zero-order valence-corrected chi connectivity index (χ0v) is 10.9. The Hall–Kier alpha value is -1.97.